The topological polar surface area (TPSA) is 6.48 Å². The molecule has 68 heavy (non-hydrogen) atoms. The van der Waals surface area contributed by atoms with Crippen molar-refractivity contribution in [3.63, 3.8) is 0 Å². The molecule has 9 aromatic rings. The SMILES string of the molecule is CC1(C)c2ccccc2-c2ccc(N(c3ccc(-c4ccccc4)cc3)c3ccc(-c4ccc(N(c5ccc(C6C=CC=CC6)cc5)c5ccc6c(c5)C(C)(C)c5ccccc5-6)cc4)cc3)cc21. The Hall–Kier alpha value is -7.94. The van der Waals surface area contributed by atoms with Crippen LogP contribution in [0.1, 0.15) is 67.9 Å². The lowest BCUT2D eigenvalue weighted by Gasteiger charge is -2.29. The van der Waals surface area contributed by atoms with Gasteiger partial charge in [-0.3, -0.25) is 0 Å². The van der Waals surface area contributed by atoms with E-state index < -0.39 is 0 Å². The summed E-state index contributed by atoms with van der Waals surface area (Å²) in [7, 11) is 0. The molecule has 0 spiro atoms. The molecule has 0 N–H and O–H groups in total. The molecule has 0 bridgehead atoms. The van der Waals surface area contributed by atoms with Crippen molar-refractivity contribution in [1.82, 2.24) is 0 Å². The standard InChI is InChI=1S/C66H54N2/c1-65(2)61-21-13-11-19-57(61)59-41-39-55(43-63(59)65)67(51-31-23-47(24-32-51)45-15-7-5-8-16-45)53-35-27-49(28-36-53)50-29-37-54(38-30-50)68(52-33-25-48(26-34-52)46-17-9-6-10-18-46)56-40-42-60-58-20-12-14-22-62(58)66(3,4)64(60)44-56/h5-17,19-44,46H,18H2,1-4H3. The van der Waals surface area contributed by atoms with Gasteiger partial charge in [-0.2, -0.15) is 0 Å². The molecule has 12 rings (SSSR count). The molecule has 1 atom stereocenters. The number of fused-ring (bicyclic) bond motifs is 6. The average molecular weight is 875 g/mol. The lowest BCUT2D eigenvalue weighted by atomic mass is 9.82. The Labute approximate surface area is 401 Å². The Balaban J connectivity index is 0.893. The van der Waals surface area contributed by atoms with Gasteiger partial charge in [-0.15, -0.1) is 0 Å². The Morgan fingerprint density at radius 1 is 0.338 bits per heavy atom. The summed E-state index contributed by atoms with van der Waals surface area (Å²) in [6.45, 7) is 9.43. The van der Waals surface area contributed by atoms with Crippen molar-refractivity contribution in [1.29, 1.82) is 0 Å². The molecule has 2 nitrogen and oxygen atoms in total. The highest BCUT2D eigenvalue weighted by molar-refractivity contribution is 5.88. The van der Waals surface area contributed by atoms with Gasteiger partial charge < -0.3 is 9.80 Å². The molecule has 2 heteroatoms. The second-order valence-corrected chi connectivity index (χ2v) is 19.7. The molecule has 328 valence electrons. The zero-order chi connectivity index (χ0) is 46.0. The predicted molar refractivity (Wildman–Crippen MR) is 287 cm³/mol. The number of anilines is 6. The van der Waals surface area contributed by atoms with Crippen LogP contribution in [0.4, 0.5) is 34.1 Å². The van der Waals surface area contributed by atoms with Crippen LogP contribution in [-0.4, -0.2) is 0 Å². The fraction of sp³-hybridized carbons (Fsp3) is 0.121. The highest BCUT2D eigenvalue weighted by Crippen LogP contribution is 2.52. The smallest absolute Gasteiger partial charge is 0.0465 e. The maximum absolute atomic E-state index is 2.42. The fourth-order valence-electron chi connectivity index (χ4n) is 11.3. The second-order valence-electron chi connectivity index (χ2n) is 19.7. The normalized spacial score (nSPS) is 15.6. The molecule has 3 aliphatic carbocycles. The minimum atomic E-state index is -0.104. The Morgan fingerprint density at radius 2 is 0.706 bits per heavy atom. The van der Waals surface area contributed by atoms with Crippen molar-refractivity contribution < 1.29 is 0 Å². The largest absolute Gasteiger partial charge is 0.310 e. The van der Waals surface area contributed by atoms with Crippen molar-refractivity contribution in [2.75, 3.05) is 9.80 Å². The van der Waals surface area contributed by atoms with Crippen molar-refractivity contribution in [3.05, 3.63) is 264 Å². The summed E-state index contributed by atoms with van der Waals surface area (Å²) in [5.74, 6) is 0.401. The van der Waals surface area contributed by atoms with Crippen LogP contribution >= 0.6 is 0 Å². The minimum Gasteiger partial charge on any atom is -0.310 e. The van der Waals surface area contributed by atoms with Gasteiger partial charge >= 0.3 is 0 Å². The summed E-state index contributed by atoms with van der Waals surface area (Å²) in [6.07, 6.45) is 9.92. The van der Waals surface area contributed by atoms with Crippen LogP contribution in [0.2, 0.25) is 0 Å². The number of benzene rings is 9. The maximum Gasteiger partial charge on any atom is 0.0465 e. The molecule has 1 unspecified atom stereocenters. The fourth-order valence-corrected chi connectivity index (χ4v) is 11.3. The molecular weight excluding hydrogens is 821 g/mol. The number of hydrogen-bond donors (Lipinski definition) is 0. The van der Waals surface area contributed by atoms with E-state index in [1.54, 1.807) is 0 Å². The first-order valence-electron chi connectivity index (χ1n) is 24.1. The highest BCUT2D eigenvalue weighted by atomic mass is 15.1. The second kappa shape index (κ2) is 16.4. The van der Waals surface area contributed by atoms with Crippen LogP contribution < -0.4 is 9.80 Å². The quantitative estimate of drug-likeness (QED) is 0.143. The third-order valence-corrected chi connectivity index (χ3v) is 15.0. The first-order chi connectivity index (χ1) is 33.2. The average Bonchev–Trinajstić information content (AvgIpc) is 3.76. The molecule has 9 aromatic carbocycles. The van der Waals surface area contributed by atoms with Gasteiger partial charge in [-0.25, -0.2) is 0 Å². The molecule has 0 saturated carbocycles. The maximum atomic E-state index is 2.42. The van der Waals surface area contributed by atoms with Gasteiger partial charge in [0.15, 0.2) is 0 Å². The van der Waals surface area contributed by atoms with Gasteiger partial charge in [0, 0.05) is 50.9 Å². The summed E-state index contributed by atoms with van der Waals surface area (Å²) >= 11 is 0. The molecule has 0 fully saturated rings. The Bertz CT molecular complexity index is 3390. The van der Waals surface area contributed by atoms with Crippen molar-refractivity contribution in [2.24, 2.45) is 0 Å². The van der Waals surface area contributed by atoms with E-state index >= 15 is 0 Å². The van der Waals surface area contributed by atoms with Crippen molar-refractivity contribution in [3.8, 4) is 44.5 Å². The van der Waals surface area contributed by atoms with Crippen molar-refractivity contribution >= 4 is 34.1 Å². The molecule has 0 aliphatic heterocycles. The predicted octanol–water partition coefficient (Wildman–Crippen LogP) is 18.2. The molecule has 0 aromatic heterocycles. The first-order valence-corrected chi connectivity index (χ1v) is 24.1. The van der Waals surface area contributed by atoms with E-state index in [0.29, 0.717) is 5.92 Å². The highest BCUT2D eigenvalue weighted by Gasteiger charge is 2.37. The van der Waals surface area contributed by atoms with E-state index in [0.717, 1.165) is 40.5 Å². The third kappa shape index (κ3) is 7.02. The van der Waals surface area contributed by atoms with E-state index in [4.69, 9.17) is 0 Å². The number of nitrogens with zero attached hydrogens (tertiary/aromatic N) is 2. The van der Waals surface area contributed by atoms with E-state index in [-0.39, 0.29) is 10.8 Å². The summed E-state index contributed by atoms with van der Waals surface area (Å²) in [5, 5.41) is 0. The molecule has 0 amide bonds. The number of rotatable bonds is 9. The lowest BCUT2D eigenvalue weighted by molar-refractivity contribution is 0.660. The van der Waals surface area contributed by atoms with Gasteiger partial charge in [-0.05, 0) is 152 Å². The lowest BCUT2D eigenvalue weighted by Crippen LogP contribution is -2.16. The zero-order valence-corrected chi connectivity index (χ0v) is 39.2. The summed E-state index contributed by atoms with van der Waals surface area (Å²) in [5.41, 5.74) is 23.5. The van der Waals surface area contributed by atoms with Gasteiger partial charge in [-0.1, -0.05) is 192 Å². The molecule has 3 aliphatic rings. The van der Waals surface area contributed by atoms with Crippen molar-refractivity contribution in [2.45, 2.75) is 50.9 Å². The van der Waals surface area contributed by atoms with E-state index in [2.05, 4.69) is 274 Å². The summed E-state index contributed by atoms with van der Waals surface area (Å²) in [6, 6.07) is 78.9. The first kappa shape index (κ1) is 41.5. The van der Waals surface area contributed by atoms with E-state index in [1.807, 2.05) is 0 Å². The van der Waals surface area contributed by atoms with E-state index in [1.165, 1.54) is 72.3 Å². The third-order valence-electron chi connectivity index (χ3n) is 15.0. The summed E-state index contributed by atoms with van der Waals surface area (Å²) < 4.78 is 0. The van der Waals surface area contributed by atoms with Crippen LogP contribution in [0.5, 0.6) is 0 Å². The summed E-state index contributed by atoms with van der Waals surface area (Å²) in [4.78, 5) is 4.83. The van der Waals surface area contributed by atoms with Gasteiger partial charge in [0.25, 0.3) is 0 Å². The van der Waals surface area contributed by atoms with Gasteiger partial charge in [0.1, 0.15) is 0 Å². The monoisotopic (exact) mass is 874 g/mol. The Kier molecular flexibility index (Phi) is 10.0. The van der Waals surface area contributed by atoms with Crippen LogP contribution in [0.25, 0.3) is 44.5 Å². The van der Waals surface area contributed by atoms with Gasteiger partial charge in [0.05, 0.1) is 0 Å². The van der Waals surface area contributed by atoms with Crippen LogP contribution in [0.3, 0.4) is 0 Å². The Morgan fingerprint density at radius 3 is 1.13 bits per heavy atom. The van der Waals surface area contributed by atoms with E-state index in [9.17, 15) is 0 Å². The number of hydrogen-bond acceptors (Lipinski definition) is 2. The van der Waals surface area contributed by atoms with Crippen LogP contribution in [0.15, 0.2) is 237 Å². The molecule has 0 saturated heterocycles. The van der Waals surface area contributed by atoms with Crippen LogP contribution in [-0.2, 0) is 10.8 Å². The zero-order valence-electron chi connectivity index (χ0n) is 39.2. The molecular formula is C66H54N2. The number of allylic oxidation sites excluding steroid dienone is 4. The van der Waals surface area contributed by atoms with Crippen LogP contribution in [0, 0.1) is 0 Å². The molecule has 0 heterocycles. The minimum absolute atomic E-state index is 0.0987. The van der Waals surface area contributed by atoms with Gasteiger partial charge in [0.2, 0.25) is 0 Å². The molecule has 0 radical (unpaired) electrons.